The van der Waals surface area contributed by atoms with Crippen molar-refractivity contribution in [1.29, 1.82) is 0 Å². The summed E-state index contributed by atoms with van der Waals surface area (Å²) in [6, 6.07) is 1.59. The van der Waals surface area contributed by atoms with Crippen molar-refractivity contribution in [3.63, 3.8) is 0 Å². The van der Waals surface area contributed by atoms with Gasteiger partial charge in [-0.2, -0.15) is 5.10 Å². The lowest BCUT2D eigenvalue weighted by Crippen LogP contribution is -2.25. The van der Waals surface area contributed by atoms with E-state index in [0.29, 0.717) is 10.9 Å². The largest absolute Gasteiger partial charge is 0.291 e. The SMILES string of the molecule is Cc1nn(C)c(C)c1[C@H](C)n1cnc2cnccc2c1=O. The maximum Gasteiger partial charge on any atom is 0.261 e. The van der Waals surface area contributed by atoms with Crippen LogP contribution in [0.1, 0.15) is 29.9 Å². The van der Waals surface area contributed by atoms with Crippen LogP contribution in [-0.2, 0) is 7.05 Å². The van der Waals surface area contributed by atoms with Gasteiger partial charge in [0.15, 0.2) is 0 Å². The average Bonchev–Trinajstić information content (AvgIpc) is 2.72. The zero-order valence-electron chi connectivity index (χ0n) is 12.5. The molecule has 0 radical (unpaired) electrons. The number of fused-ring (bicyclic) bond motifs is 1. The van der Waals surface area contributed by atoms with Crippen LogP contribution in [-0.4, -0.2) is 24.3 Å². The maximum absolute atomic E-state index is 12.6. The Kier molecular flexibility index (Phi) is 3.08. The van der Waals surface area contributed by atoms with Gasteiger partial charge < -0.3 is 0 Å². The lowest BCUT2D eigenvalue weighted by Gasteiger charge is -2.16. The first kappa shape index (κ1) is 13.5. The van der Waals surface area contributed by atoms with E-state index in [2.05, 4.69) is 15.1 Å². The molecular formula is C15H17N5O. The minimum Gasteiger partial charge on any atom is -0.291 e. The third kappa shape index (κ3) is 2.03. The van der Waals surface area contributed by atoms with Gasteiger partial charge in [-0.1, -0.05) is 0 Å². The minimum absolute atomic E-state index is 0.0578. The summed E-state index contributed by atoms with van der Waals surface area (Å²) >= 11 is 0. The van der Waals surface area contributed by atoms with Crippen molar-refractivity contribution in [3.8, 4) is 0 Å². The van der Waals surface area contributed by atoms with Crippen LogP contribution >= 0.6 is 0 Å². The molecule has 0 unspecified atom stereocenters. The quantitative estimate of drug-likeness (QED) is 0.718. The molecule has 0 aliphatic carbocycles. The minimum atomic E-state index is -0.115. The second-order valence-corrected chi connectivity index (χ2v) is 5.23. The smallest absolute Gasteiger partial charge is 0.261 e. The number of pyridine rings is 1. The van der Waals surface area contributed by atoms with Crippen molar-refractivity contribution in [2.24, 2.45) is 7.05 Å². The van der Waals surface area contributed by atoms with E-state index in [1.165, 1.54) is 0 Å². The standard InChI is InChI=1S/C15H17N5O/c1-9-14(10(2)19(4)18-9)11(3)20-8-17-13-7-16-6-5-12(13)15(20)21/h5-8,11H,1-4H3/t11-/m0/s1. The van der Waals surface area contributed by atoms with Crippen LogP contribution in [0.15, 0.2) is 29.6 Å². The molecule has 3 aromatic rings. The van der Waals surface area contributed by atoms with Gasteiger partial charge in [0.05, 0.1) is 35.2 Å². The molecule has 3 rings (SSSR count). The van der Waals surface area contributed by atoms with Crippen LogP contribution in [0.4, 0.5) is 0 Å². The molecule has 0 aliphatic heterocycles. The number of hydrogen-bond donors (Lipinski definition) is 0. The summed E-state index contributed by atoms with van der Waals surface area (Å²) in [5.41, 5.74) is 3.61. The zero-order chi connectivity index (χ0) is 15.1. The molecule has 6 heteroatoms. The number of aryl methyl sites for hydroxylation is 2. The molecule has 21 heavy (non-hydrogen) atoms. The van der Waals surface area contributed by atoms with Gasteiger partial charge in [0.25, 0.3) is 5.56 Å². The molecule has 3 aromatic heterocycles. The Labute approximate surface area is 122 Å². The molecule has 0 saturated carbocycles. The molecule has 3 heterocycles. The fraction of sp³-hybridized carbons (Fsp3) is 0.333. The highest BCUT2D eigenvalue weighted by Crippen LogP contribution is 2.23. The summed E-state index contributed by atoms with van der Waals surface area (Å²) in [6.07, 6.45) is 4.80. The van der Waals surface area contributed by atoms with Crippen LogP contribution in [0, 0.1) is 13.8 Å². The Hall–Kier alpha value is -2.50. The van der Waals surface area contributed by atoms with E-state index in [4.69, 9.17) is 0 Å². The normalized spacial score (nSPS) is 12.8. The van der Waals surface area contributed by atoms with Crippen molar-refractivity contribution in [3.05, 3.63) is 52.1 Å². The Bertz CT molecular complexity index is 877. The lowest BCUT2D eigenvalue weighted by atomic mass is 10.1. The van der Waals surface area contributed by atoms with E-state index in [1.807, 2.05) is 32.5 Å². The third-order valence-electron chi connectivity index (χ3n) is 3.99. The van der Waals surface area contributed by atoms with Gasteiger partial charge >= 0.3 is 0 Å². The highest BCUT2D eigenvalue weighted by molar-refractivity contribution is 5.75. The lowest BCUT2D eigenvalue weighted by molar-refractivity contribution is 0.601. The van der Waals surface area contributed by atoms with Gasteiger partial charge in [-0.05, 0) is 26.8 Å². The summed E-state index contributed by atoms with van der Waals surface area (Å²) in [7, 11) is 1.91. The van der Waals surface area contributed by atoms with Crippen molar-refractivity contribution < 1.29 is 0 Å². The summed E-state index contributed by atoms with van der Waals surface area (Å²) in [4.78, 5) is 21.0. The fourth-order valence-corrected chi connectivity index (χ4v) is 2.80. The van der Waals surface area contributed by atoms with Gasteiger partial charge in [-0.3, -0.25) is 19.0 Å². The molecule has 0 bridgehead atoms. The highest BCUT2D eigenvalue weighted by Gasteiger charge is 2.19. The van der Waals surface area contributed by atoms with Crippen molar-refractivity contribution in [2.45, 2.75) is 26.8 Å². The topological polar surface area (TPSA) is 65.6 Å². The molecule has 108 valence electrons. The molecule has 1 atom stereocenters. The van der Waals surface area contributed by atoms with E-state index in [1.54, 1.807) is 29.4 Å². The molecular weight excluding hydrogens is 266 g/mol. The molecule has 6 nitrogen and oxygen atoms in total. The van der Waals surface area contributed by atoms with Crippen LogP contribution in [0.25, 0.3) is 10.9 Å². The third-order valence-corrected chi connectivity index (χ3v) is 3.99. The molecule has 0 fully saturated rings. The Balaban J connectivity index is 2.20. The maximum atomic E-state index is 12.6. The summed E-state index contributed by atoms with van der Waals surface area (Å²) in [5, 5.41) is 5.00. The van der Waals surface area contributed by atoms with E-state index in [0.717, 1.165) is 17.0 Å². The van der Waals surface area contributed by atoms with Gasteiger partial charge in [-0.15, -0.1) is 0 Å². The van der Waals surface area contributed by atoms with E-state index >= 15 is 0 Å². The Morgan fingerprint density at radius 1 is 1.29 bits per heavy atom. The average molecular weight is 283 g/mol. The van der Waals surface area contributed by atoms with Crippen LogP contribution < -0.4 is 5.56 Å². The molecule has 0 N–H and O–H groups in total. The summed E-state index contributed by atoms with van der Waals surface area (Å²) in [6.45, 7) is 5.96. The van der Waals surface area contributed by atoms with Gasteiger partial charge in [0.1, 0.15) is 0 Å². The van der Waals surface area contributed by atoms with Gasteiger partial charge in [-0.25, -0.2) is 4.98 Å². The van der Waals surface area contributed by atoms with Crippen LogP contribution in [0.2, 0.25) is 0 Å². The number of rotatable bonds is 2. The van der Waals surface area contributed by atoms with E-state index in [9.17, 15) is 4.79 Å². The van der Waals surface area contributed by atoms with Gasteiger partial charge in [0.2, 0.25) is 0 Å². The Morgan fingerprint density at radius 2 is 2.05 bits per heavy atom. The van der Waals surface area contributed by atoms with Crippen molar-refractivity contribution in [2.75, 3.05) is 0 Å². The second-order valence-electron chi connectivity index (χ2n) is 5.23. The predicted molar refractivity (Wildman–Crippen MR) is 80.3 cm³/mol. The molecule has 0 aliphatic rings. The van der Waals surface area contributed by atoms with E-state index < -0.39 is 0 Å². The first-order valence-corrected chi connectivity index (χ1v) is 6.81. The van der Waals surface area contributed by atoms with Crippen molar-refractivity contribution in [1.82, 2.24) is 24.3 Å². The highest BCUT2D eigenvalue weighted by atomic mass is 16.1. The molecule has 0 amide bonds. The van der Waals surface area contributed by atoms with Crippen molar-refractivity contribution >= 4 is 10.9 Å². The van der Waals surface area contributed by atoms with Crippen LogP contribution in [0.5, 0.6) is 0 Å². The first-order chi connectivity index (χ1) is 10.0. The van der Waals surface area contributed by atoms with E-state index in [-0.39, 0.29) is 11.6 Å². The summed E-state index contributed by atoms with van der Waals surface area (Å²) < 4.78 is 3.49. The fourth-order valence-electron chi connectivity index (χ4n) is 2.80. The molecule has 0 saturated heterocycles. The molecule has 0 aromatic carbocycles. The number of aromatic nitrogens is 5. The predicted octanol–water partition coefficient (Wildman–Crippen LogP) is 1.75. The number of nitrogens with zero attached hydrogens (tertiary/aromatic N) is 5. The van der Waals surface area contributed by atoms with Crippen LogP contribution in [0.3, 0.4) is 0 Å². The Morgan fingerprint density at radius 3 is 2.71 bits per heavy atom. The monoisotopic (exact) mass is 283 g/mol. The van der Waals surface area contributed by atoms with Gasteiger partial charge in [0, 0.05) is 24.5 Å². The zero-order valence-corrected chi connectivity index (χ0v) is 12.5. The number of hydrogen-bond acceptors (Lipinski definition) is 4. The second kappa shape index (κ2) is 4.80. The molecule has 0 spiro atoms. The summed E-state index contributed by atoms with van der Waals surface area (Å²) in [5.74, 6) is 0. The first-order valence-electron chi connectivity index (χ1n) is 6.81.